The van der Waals surface area contributed by atoms with Gasteiger partial charge in [0.05, 0.1) is 19.3 Å². The quantitative estimate of drug-likeness (QED) is 0.249. The fraction of sp³-hybridized carbons (Fsp3) is 0.500. The number of methoxy groups -OCH3 is 1. The minimum Gasteiger partial charge on any atom is -0.496 e. The number of oxime groups is 1. The van der Waals surface area contributed by atoms with Crippen LogP contribution in [-0.4, -0.2) is 24.8 Å². The lowest BCUT2D eigenvalue weighted by atomic mass is 10.1. The van der Waals surface area contributed by atoms with E-state index in [0.29, 0.717) is 17.9 Å². The monoisotopic (exact) mass is 266 g/mol. The first-order valence-corrected chi connectivity index (χ1v) is 6.45. The molecule has 0 aliphatic rings. The molecule has 1 aromatic rings. The molecule has 0 aliphatic heterocycles. The van der Waals surface area contributed by atoms with Gasteiger partial charge in [0.15, 0.2) is 5.84 Å². The molecular formula is C14H22N2O3. The van der Waals surface area contributed by atoms with Crippen LogP contribution in [0.25, 0.3) is 0 Å². The summed E-state index contributed by atoms with van der Waals surface area (Å²) in [6.45, 7) is 3.42. The summed E-state index contributed by atoms with van der Waals surface area (Å²) in [6.07, 6.45) is 3.43. The van der Waals surface area contributed by atoms with Gasteiger partial charge in [0.25, 0.3) is 0 Å². The molecule has 0 unspecified atom stereocenters. The number of nitrogens with zero attached hydrogens (tertiary/aromatic N) is 1. The topological polar surface area (TPSA) is 77.1 Å². The lowest BCUT2D eigenvalue weighted by Crippen LogP contribution is -2.15. The summed E-state index contributed by atoms with van der Waals surface area (Å²) in [5.41, 5.74) is 7.15. The molecule has 0 saturated carbocycles. The standard InChI is InChI=1S/C14H22N2O3/c1-3-4-5-8-19-10-11-6-7-13(18-2)12(9-11)14(15)16-17/h6-7,9,17H,3-5,8,10H2,1-2H3,(H2,15,16). The Morgan fingerprint density at radius 1 is 1.37 bits per heavy atom. The van der Waals surface area contributed by atoms with Crippen molar-refractivity contribution < 1.29 is 14.7 Å². The predicted molar refractivity (Wildman–Crippen MR) is 74.7 cm³/mol. The number of hydrogen-bond donors (Lipinski definition) is 2. The molecule has 0 aliphatic carbocycles. The Kier molecular flexibility index (Phi) is 6.74. The normalized spacial score (nSPS) is 11.6. The highest BCUT2D eigenvalue weighted by atomic mass is 16.5. The number of nitrogens with two attached hydrogens (primary N) is 1. The van der Waals surface area contributed by atoms with E-state index in [9.17, 15) is 0 Å². The van der Waals surface area contributed by atoms with Gasteiger partial charge >= 0.3 is 0 Å². The fourth-order valence-electron chi connectivity index (χ4n) is 1.74. The van der Waals surface area contributed by atoms with E-state index in [1.807, 2.05) is 12.1 Å². The van der Waals surface area contributed by atoms with Gasteiger partial charge in [-0.1, -0.05) is 31.0 Å². The zero-order chi connectivity index (χ0) is 14.1. The lowest BCUT2D eigenvalue weighted by molar-refractivity contribution is 0.117. The van der Waals surface area contributed by atoms with Gasteiger partial charge in [-0.05, 0) is 24.1 Å². The average molecular weight is 266 g/mol. The van der Waals surface area contributed by atoms with Crippen molar-refractivity contribution in [2.45, 2.75) is 32.8 Å². The summed E-state index contributed by atoms with van der Waals surface area (Å²) in [4.78, 5) is 0. The molecular weight excluding hydrogens is 244 g/mol. The first-order chi connectivity index (χ1) is 9.22. The molecule has 0 amide bonds. The van der Waals surface area contributed by atoms with Crippen molar-refractivity contribution in [1.82, 2.24) is 0 Å². The Hall–Kier alpha value is -1.75. The van der Waals surface area contributed by atoms with Crippen LogP contribution >= 0.6 is 0 Å². The van der Waals surface area contributed by atoms with Crippen molar-refractivity contribution in [2.75, 3.05) is 13.7 Å². The third-order valence-electron chi connectivity index (χ3n) is 2.81. The largest absolute Gasteiger partial charge is 0.496 e. The van der Waals surface area contributed by atoms with E-state index in [1.54, 1.807) is 13.2 Å². The summed E-state index contributed by atoms with van der Waals surface area (Å²) in [7, 11) is 1.55. The van der Waals surface area contributed by atoms with Crippen molar-refractivity contribution in [3.63, 3.8) is 0 Å². The minimum atomic E-state index is 0.0321. The Morgan fingerprint density at radius 3 is 2.79 bits per heavy atom. The van der Waals surface area contributed by atoms with Crippen LogP contribution in [0, 0.1) is 0 Å². The van der Waals surface area contributed by atoms with E-state index < -0.39 is 0 Å². The van der Waals surface area contributed by atoms with Gasteiger partial charge in [-0.2, -0.15) is 0 Å². The first kappa shape index (κ1) is 15.3. The van der Waals surface area contributed by atoms with Crippen LogP contribution in [0.3, 0.4) is 0 Å². The Morgan fingerprint density at radius 2 is 2.16 bits per heavy atom. The molecule has 5 nitrogen and oxygen atoms in total. The van der Waals surface area contributed by atoms with Crippen LogP contribution in [0.1, 0.15) is 37.3 Å². The third kappa shape index (κ3) is 4.79. The minimum absolute atomic E-state index is 0.0321. The lowest BCUT2D eigenvalue weighted by Gasteiger charge is -2.10. The van der Waals surface area contributed by atoms with Crippen LogP contribution in [0.5, 0.6) is 5.75 Å². The van der Waals surface area contributed by atoms with Crippen LogP contribution < -0.4 is 10.5 Å². The molecule has 106 valence electrons. The molecule has 0 aromatic heterocycles. The fourth-order valence-corrected chi connectivity index (χ4v) is 1.74. The van der Waals surface area contributed by atoms with Gasteiger partial charge in [0.2, 0.25) is 0 Å². The second-order valence-corrected chi connectivity index (χ2v) is 4.28. The van der Waals surface area contributed by atoms with Crippen molar-refractivity contribution in [1.29, 1.82) is 0 Å². The summed E-state index contributed by atoms with van der Waals surface area (Å²) in [5.74, 6) is 0.606. The summed E-state index contributed by atoms with van der Waals surface area (Å²) < 4.78 is 10.7. The molecule has 0 atom stereocenters. The van der Waals surface area contributed by atoms with Gasteiger partial charge < -0.3 is 20.4 Å². The average Bonchev–Trinajstić information content (AvgIpc) is 2.46. The molecule has 0 heterocycles. The SMILES string of the molecule is CCCCCOCc1ccc(OC)c(C(N)=NO)c1. The van der Waals surface area contributed by atoms with Crippen molar-refractivity contribution in [3.05, 3.63) is 29.3 Å². The number of ether oxygens (including phenoxy) is 2. The summed E-state index contributed by atoms with van der Waals surface area (Å²) in [5, 5.41) is 11.8. The van der Waals surface area contributed by atoms with Crippen LogP contribution in [0.15, 0.2) is 23.4 Å². The number of benzene rings is 1. The van der Waals surface area contributed by atoms with E-state index in [2.05, 4.69) is 12.1 Å². The smallest absolute Gasteiger partial charge is 0.173 e. The van der Waals surface area contributed by atoms with Crippen molar-refractivity contribution >= 4 is 5.84 Å². The first-order valence-electron chi connectivity index (χ1n) is 6.45. The van der Waals surface area contributed by atoms with E-state index in [-0.39, 0.29) is 5.84 Å². The Bertz CT molecular complexity index is 419. The highest BCUT2D eigenvalue weighted by molar-refractivity contribution is 5.99. The van der Waals surface area contributed by atoms with Gasteiger partial charge in [-0.15, -0.1) is 0 Å². The van der Waals surface area contributed by atoms with E-state index in [0.717, 1.165) is 18.6 Å². The molecule has 0 spiro atoms. The molecule has 1 aromatic carbocycles. The zero-order valence-corrected chi connectivity index (χ0v) is 11.6. The van der Waals surface area contributed by atoms with Gasteiger partial charge in [-0.3, -0.25) is 0 Å². The number of unbranched alkanes of at least 4 members (excludes halogenated alkanes) is 2. The number of hydrogen-bond acceptors (Lipinski definition) is 4. The molecule has 0 fully saturated rings. The molecule has 0 saturated heterocycles. The van der Waals surface area contributed by atoms with Crippen molar-refractivity contribution in [3.8, 4) is 5.75 Å². The van der Waals surface area contributed by atoms with Crippen LogP contribution in [0.2, 0.25) is 0 Å². The molecule has 1 rings (SSSR count). The second kappa shape index (κ2) is 8.37. The molecule has 5 heteroatoms. The maximum atomic E-state index is 8.75. The Labute approximate surface area is 114 Å². The maximum Gasteiger partial charge on any atom is 0.173 e. The molecule has 0 radical (unpaired) electrons. The van der Waals surface area contributed by atoms with Crippen LogP contribution in [-0.2, 0) is 11.3 Å². The van der Waals surface area contributed by atoms with E-state index >= 15 is 0 Å². The molecule has 0 bridgehead atoms. The van der Waals surface area contributed by atoms with Crippen LogP contribution in [0.4, 0.5) is 0 Å². The summed E-state index contributed by atoms with van der Waals surface area (Å²) in [6, 6.07) is 5.51. The number of amidine groups is 1. The predicted octanol–water partition coefficient (Wildman–Crippen LogP) is 2.50. The van der Waals surface area contributed by atoms with E-state index in [1.165, 1.54) is 12.8 Å². The highest BCUT2D eigenvalue weighted by Gasteiger charge is 2.09. The zero-order valence-electron chi connectivity index (χ0n) is 11.6. The number of rotatable bonds is 8. The molecule has 3 N–H and O–H groups in total. The van der Waals surface area contributed by atoms with Crippen molar-refractivity contribution in [2.24, 2.45) is 10.9 Å². The maximum absolute atomic E-state index is 8.75. The molecule has 19 heavy (non-hydrogen) atoms. The van der Waals surface area contributed by atoms with Gasteiger partial charge in [-0.25, -0.2) is 0 Å². The summed E-state index contributed by atoms with van der Waals surface area (Å²) >= 11 is 0. The highest BCUT2D eigenvalue weighted by Crippen LogP contribution is 2.20. The third-order valence-corrected chi connectivity index (χ3v) is 2.81. The van der Waals surface area contributed by atoms with Gasteiger partial charge in [0.1, 0.15) is 5.75 Å². The second-order valence-electron chi connectivity index (χ2n) is 4.28. The van der Waals surface area contributed by atoms with E-state index in [4.69, 9.17) is 20.4 Å². The Balaban J connectivity index is 2.65. The van der Waals surface area contributed by atoms with Gasteiger partial charge in [0, 0.05) is 6.61 Å².